The molecule has 1 aromatic heterocycles. The van der Waals surface area contributed by atoms with Crippen LogP contribution in [0.1, 0.15) is 5.56 Å². The van der Waals surface area contributed by atoms with Gasteiger partial charge in [-0.05, 0) is 30.3 Å². The van der Waals surface area contributed by atoms with Crippen LogP contribution < -0.4 is 5.32 Å². The molecule has 0 aliphatic heterocycles. The molecule has 0 radical (unpaired) electrons. The van der Waals surface area contributed by atoms with Crippen molar-refractivity contribution in [1.82, 2.24) is 9.78 Å². The number of anilines is 1. The molecule has 0 saturated carbocycles. The molecule has 106 valence electrons. The van der Waals surface area contributed by atoms with Crippen molar-refractivity contribution in [3.63, 3.8) is 0 Å². The predicted octanol–water partition coefficient (Wildman–Crippen LogP) is 4.39. The van der Waals surface area contributed by atoms with E-state index in [1.165, 1.54) is 6.07 Å². The van der Waals surface area contributed by atoms with E-state index in [0.29, 0.717) is 12.2 Å². The summed E-state index contributed by atoms with van der Waals surface area (Å²) in [5, 5.41) is 7.38. The van der Waals surface area contributed by atoms with Crippen molar-refractivity contribution >= 4 is 21.6 Å². The van der Waals surface area contributed by atoms with E-state index in [4.69, 9.17) is 0 Å². The van der Waals surface area contributed by atoms with Crippen LogP contribution in [-0.4, -0.2) is 9.78 Å². The summed E-state index contributed by atoms with van der Waals surface area (Å²) in [6, 6.07) is 14.8. The summed E-state index contributed by atoms with van der Waals surface area (Å²) in [5.74, 6) is -0.278. The first-order chi connectivity index (χ1) is 10.2. The Balaban J connectivity index is 1.70. The lowest BCUT2D eigenvalue weighted by atomic mass is 10.3. The minimum absolute atomic E-state index is 0.278. The van der Waals surface area contributed by atoms with Crippen molar-refractivity contribution < 1.29 is 4.39 Å². The quantitative estimate of drug-likeness (QED) is 0.760. The molecule has 0 amide bonds. The van der Waals surface area contributed by atoms with Crippen LogP contribution in [0.15, 0.2) is 65.4 Å². The molecule has 0 aliphatic carbocycles. The van der Waals surface area contributed by atoms with Gasteiger partial charge in [-0.2, -0.15) is 5.10 Å². The van der Waals surface area contributed by atoms with Crippen LogP contribution in [0.4, 0.5) is 10.1 Å². The van der Waals surface area contributed by atoms with Crippen molar-refractivity contribution in [2.75, 3.05) is 5.32 Å². The molecule has 5 heteroatoms. The molecule has 0 saturated heterocycles. The zero-order chi connectivity index (χ0) is 14.7. The first-order valence-corrected chi connectivity index (χ1v) is 7.29. The van der Waals surface area contributed by atoms with Gasteiger partial charge >= 0.3 is 0 Å². The Labute approximate surface area is 130 Å². The second kappa shape index (κ2) is 6.10. The average Bonchev–Trinajstić information content (AvgIpc) is 2.96. The monoisotopic (exact) mass is 345 g/mol. The van der Waals surface area contributed by atoms with E-state index in [1.807, 2.05) is 36.5 Å². The molecule has 2 aromatic carbocycles. The van der Waals surface area contributed by atoms with Crippen molar-refractivity contribution in [2.45, 2.75) is 6.54 Å². The summed E-state index contributed by atoms with van der Waals surface area (Å²) in [6.07, 6.45) is 3.70. The molecule has 1 N–H and O–H groups in total. The van der Waals surface area contributed by atoms with E-state index in [1.54, 1.807) is 23.0 Å². The van der Waals surface area contributed by atoms with Gasteiger partial charge in [0.1, 0.15) is 5.82 Å². The van der Waals surface area contributed by atoms with Gasteiger partial charge in [0.25, 0.3) is 0 Å². The van der Waals surface area contributed by atoms with Crippen LogP contribution in [0.25, 0.3) is 5.69 Å². The predicted molar refractivity (Wildman–Crippen MR) is 85.0 cm³/mol. The highest BCUT2D eigenvalue weighted by Gasteiger charge is 2.04. The van der Waals surface area contributed by atoms with Crippen LogP contribution >= 0.6 is 15.9 Å². The summed E-state index contributed by atoms with van der Waals surface area (Å²) in [4.78, 5) is 0. The zero-order valence-corrected chi connectivity index (χ0v) is 12.7. The second-order valence-corrected chi connectivity index (χ2v) is 5.52. The van der Waals surface area contributed by atoms with E-state index in [0.717, 1.165) is 15.7 Å². The number of nitrogens with one attached hydrogen (secondary N) is 1. The maximum Gasteiger partial charge on any atom is 0.147 e. The van der Waals surface area contributed by atoms with Crippen LogP contribution in [0, 0.1) is 5.82 Å². The summed E-state index contributed by atoms with van der Waals surface area (Å²) in [6.45, 7) is 0.519. The lowest BCUT2D eigenvalue weighted by Crippen LogP contribution is -2.00. The summed E-state index contributed by atoms with van der Waals surface area (Å²) >= 11 is 3.24. The molecule has 3 rings (SSSR count). The number of benzene rings is 2. The van der Waals surface area contributed by atoms with Gasteiger partial charge in [0, 0.05) is 22.8 Å². The molecule has 21 heavy (non-hydrogen) atoms. The Morgan fingerprint density at radius 3 is 2.71 bits per heavy atom. The molecule has 3 aromatic rings. The molecule has 0 unspecified atom stereocenters. The molecule has 0 spiro atoms. The third-order valence-corrected chi connectivity index (χ3v) is 3.56. The Bertz CT molecular complexity index is 740. The van der Waals surface area contributed by atoms with Gasteiger partial charge in [-0.3, -0.25) is 0 Å². The molecule has 0 atom stereocenters. The fraction of sp³-hybridized carbons (Fsp3) is 0.0625. The first-order valence-electron chi connectivity index (χ1n) is 6.50. The van der Waals surface area contributed by atoms with Gasteiger partial charge in [0.15, 0.2) is 0 Å². The van der Waals surface area contributed by atoms with Crippen molar-refractivity contribution in [3.05, 3.63) is 76.8 Å². The lowest BCUT2D eigenvalue weighted by molar-refractivity contribution is 0.629. The number of nitrogens with zero attached hydrogens (tertiary/aromatic N) is 2. The van der Waals surface area contributed by atoms with Crippen molar-refractivity contribution in [3.8, 4) is 5.69 Å². The topological polar surface area (TPSA) is 29.9 Å². The van der Waals surface area contributed by atoms with Gasteiger partial charge in [-0.1, -0.05) is 34.1 Å². The molecule has 3 nitrogen and oxygen atoms in total. The highest BCUT2D eigenvalue weighted by molar-refractivity contribution is 9.10. The SMILES string of the molecule is Fc1cc(Br)ccc1NCc1cnn(-c2ccccc2)c1. The summed E-state index contributed by atoms with van der Waals surface area (Å²) in [5.41, 5.74) is 2.46. The van der Waals surface area contributed by atoms with E-state index in [2.05, 4.69) is 26.3 Å². The fourth-order valence-electron chi connectivity index (χ4n) is 2.00. The largest absolute Gasteiger partial charge is 0.378 e. The highest BCUT2D eigenvalue weighted by Crippen LogP contribution is 2.20. The maximum absolute atomic E-state index is 13.7. The van der Waals surface area contributed by atoms with Gasteiger partial charge < -0.3 is 5.32 Å². The first kappa shape index (κ1) is 13.8. The molecule has 0 fully saturated rings. The third kappa shape index (κ3) is 3.31. The van der Waals surface area contributed by atoms with Gasteiger partial charge in [0.05, 0.1) is 17.6 Å². The molecular weight excluding hydrogens is 333 g/mol. The number of para-hydroxylation sites is 1. The van der Waals surface area contributed by atoms with Crippen molar-refractivity contribution in [2.24, 2.45) is 0 Å². The number of hydrogen-bond acceptors (Lipinski definition) is 2. The standard InChI is InChI=1S/C16H13BrFN3/c17-13-6-7-16(15(18)8-13)19-9-12-10-20-21(11-12)14-4-2-1-3-5-14/h1-8,10-11,19H,9H2. The third-order valence-electron chi connectivity index (χ3n) is 3.07. The Morgan fingerprint density at radius 1 is 1.14 bits per heavy atom. The molecular formula is C16H13BrFN3. The Kier molecular flexibility index (Phi) is 4.01. The summed E-state index contributed by atoms with van der Waals surface area (Å²) < 4.78 is 16.2. The number of aromatic nitrogens is 2. The lowest BCUT2D eigenvalue weighted by Gasteiger charge is -2.06. The Morgan fingerprint density at radius 2 is 1.95 bits per heavy atom. The summed E-state index contributed by atoms with van der Waals surface area (Å²) in [7, 11) is 0. The minimum atomic E-state index is -0.278. The number of rotatable bonds is 4. The van der Waals surface area contributed by atoms with E-state index < -0.39 is 0 Å². The van der Waals surface area contributed by atoms with Crippen LogP contribution in [-0.2, 0) is 6.54 Å². The van der Waals surface area contributed by atoms with E-state index in [9.17, 15) is 4.39 Å². The van der Waals surface area contributed by atoms with Gasteiger partial charge in [-0.15, -0.1) is 0 Å². The van der Waals surface area contributed by atoms with E-state index >= 15 is 0 Å². The number of halogens is 2. The zero-order valence-electron chi connectivity index (χ0n) is 11.1. The van der Waals surface area contributed by atoms with Crippen LogP contribution in [0.3, 0.4) is 0 Å². The number of hydrogen-bond donors (Lipinski definition) is 1. The fourth-order valence-corrected chi connectivity index (χ4v) is 2.34. The highest BCUT2D eigenvalue weighted by atomic mass is 79.9. The van der Waals surface area contributed by atoms with Crippen LogP contribution in [0.2, 0.25) is 0 Å². The van der Waals surface area contributed by atoms with Crippen LogP contribution in [0.5, 0.6) is 0 Å². The van der Waals surface area contributed by atoms with Gasteiger partial charge in [-0.25, -0.2) is 9.07 Å². The smallest absolute Gasteiger partial charge is 0.147 e. The molecule has 0 bridgehead atoms. The Hall–Kier alpha value is -2.14. The minimum Gasteiger partial charge on any atom is -0.378 e. The second-order valence-electron chi connectivity index (χ2n) is 4.61. The van der Waals surface area contributed by atoms with E-state index in [-0.39, 0.29) is 5.82 Å². The molecule has 1 heterocycles. The average molecular weight is 346 g/mol. The van der Waals surface area contributed by atoms with Crippen molar-refractivity contribution in [1.29, 1.82) is 0 Å². The normalized spacial score (nSPS) is 10.6. The molecule has 0 aliphatic rings. The maximum atomic E-state index is 13.7. The van der Waals surface area contributed by atoms with Gasteiger partial charge in [0.2, 0.25) is 0 Å².